The van der Waals surface area contributed by atoms with E-state index in [1.807, 2.05) is 25.0 Å². The molecule has 0 unspecified atom stereocenters. The lowest BCUT2D eigenvalue weighted by Gasteiger charge is -2.05. The molecule has 0 bridgehead atoms. The molecular formula is C12H12O4S. The van der Waals surface area contributed by atoms with E-state index in [2.05, 4.69) is 4.18 Å². The normalized spacial score (nSPS) is 10.6. The van der Waals surface area contributed by atoms with Crippen molar-refractivity contribution in [3.05, 3.63) is 42.5 Å². The molecule has 2 aromatic carbocycles. The molecule has 17 heavy (non-hydrogen) atoms. The van der Waals surface area contributed by atoms with Crippen LogP contribution in [0.5, 0.6) is 0 Å². The summed E-state index contributed by atoms with van der Waals surface area (Å²) < 4.78 is 27.7. The Morgan fingerprint density at radius 3 is 2.24 bits per heavy atom. The predicted molar refractivity (Wildman–Crippen MR) is 65.3 cm³/mol. The molecule has 2 rings (SSSR count). The highest BCUT2D eigenvalue weighted by Gasteiger charge is 2.15. The molecule has 0 fully saturated rings. The van der Waals surface area contributed by atoms with Crippen LogP contribution >= 0.6 is 0 Å². The average Bonchev–Trinajstić information content (AvgIpc) is 2.40. The fourth-order valence-electron chi connectivity index (χ4n) is 1.50. The third-order valence-corrected chi connectivity index (χ3v) is 3.57. The van der Waals surface area contributed by atoms with Gasteiger partial charge in [0.2, 0.25) is 0 Å². The van der Waals surface area contributed by atoms with Gasteiger partial charge >= 0.3 is 0 Å². The van der Waals surface area contributed by atoms with Crippen LogP contribution in [0.25, 0.3) is 10.8 Å². The Balaban J connectivity index is 0.000000686. The topological polar surface area (TPSA) is 60.4 Å². The van der Waals surface area contributed by atoms with Crippen LogP contribution < -0.4 is 0 Å². The first-order valence-electron chi connectivity index (χ1n) is 4.72. The Hall–Kier alpha value is -1.72. The van der Waals surface area contributed by atoms with Crippen LogP contribution in [-0.4, -0.2) is 22.3 Å². The quantitative estimate of drug-likeness (QED) is 0.767. The van der Waals surface area contributed by atoms with E-state index in [1.165, 1.54) is 0 Å². The Labute approximate surface area is 100.0 Å². The molecule has 0 amide bonds. The standard InChI is InChI=1S/C11H10O3S.CH2O/c1-14-15(12,13)11-8-4-6-9-5-2-3-7-10(9)11;1-2/h2-8H,1H3;1H2. The number of benzene rings is 2. The van der Waals surface area contributed by atoms with Crippen LogP contribution in [0, 0.1) is 0 Å². The number of rotatable bonds is 2. The summed E-state index contributed by atoms with van der Waals surface area (Å²) in [5.74, 6) is 0. The Kier molecular flexibility index (Phi) is 4.37. The van der Waals surface area contributed by atoms with Crippen molar-refractivity contribution in [1.29, 1.82) is 0 Å². The van der Waals surface area contributed by atoms with Crippen molar-refractivity contribution < 1.29 is 17.4 Å². The fraction of sp³-hybridized carbons (Fsp3) is 0.0833. The maximum atomic E-state index is 11.6. The zero-order valence-electron chi connectivity index (χ0n) is 9.29. The molecule has 0 saturated carbocycles. The number of hydrogen-bond acceptors (Lipinski definition) is 4. The lowest BCUT2D eigenvalue weighted by Crippen LogP contribution is -2.03. The molecule has 4 nitrogen and oxygen atoms in total. The van der Waals surface area contributed by atoms with Crippen molar-refractivity contribution in [2.24, 2.45) is 0 Å². The van der Waals surface area contributed by atoms with E-state index in [9.17, 15) is 8.42 Å². The average molecular weight is 252 g/mol. The van der Waals surface area contributed by atoms with E-state index < -0.39 is 10.1 Å². The van der Waals surface area contributed by atoms with E-state index in [0.29, 0.717) is 5.39 Å². The molecule has 0 saturated heterocycles. The van der Waals surface area contributed by atoms with Gasteiger partial charge in [0.05, 0.1) is 7.11 Å². The third-order valence-electron chi connectivity index (χ3n) is 2.24. The summed E-state index contributed by atoms with van der Waals surface area (Å²) in [7, 11) is -2.46. The SMILES string of the molecule is C=O.COS(=O)(=O)c1cccc2ccccc12. The van der Waals surface area contributed by atoms with Crippen LogP contribution in [0.4, 0.5) is 0 Å². The van der Waals surface area contributed by atoms with Gasteiger partial charge in [-0.15, -0.1) is 0 Å². The highest BCUT2D eigenvalue weighted by molar-refractivity contribution is 7.87. The van der Waals surface area contributed by atoms with Crippen molar-refractivity contribution in [2.45, 2.75) is 4.90 Å². The molecule has 0 atom stereocenters. The van der Waals surface area contributed by atoms with Crippen molar-refractivity contribution in [2.75, 3.05) is 7.11 Å². The van der Waals surface area contributed by atoms with Crippen LogP contribution in [0.1, 0.15) is 0 Å². The van der Waals surface area contributed by atoms with Gasteiger partial charge in [-0.3, -0.25) is 4.18 Å². The molecule has 90 valence electrons. The molecule has 5 heteroatoms. The molecular weight excluding hydrogens is 240 g/mol. The van der Waals surface area contributed by atoms with Crippen LogP contribution in [0.15, 0.2) is 47.4 Å². The number of carbonyl (C=O) groups is 1. The second-order valence-corrected chi connectivity index (χ2v) is 4.78. The molecule has 0 aliphatic carbocycles. The van der Waals surface area contributed by atoms with Gasteiger partial charge in [0.1, 0.15) is 11.7 Å². The second kappa shape index (κ2) is 5.56. The molecule has 0 spiro atoms. The van der Waals surface area contributed by atoms with E-state index in [4.69, 9.17) is 4.79 Å². The van der Waals surface area contributed by atoms with E-state index in [-0.39, 0.29) is 4.90 Å². The van der Waals surface area contributed by atoms with Gasteiger partial charge < -0.3 is 4.79 Å². The number of carbonyl (C=O) groups excluding carboxylic acids is 1. The molecule has 0 heterocycles. The van der Waals surface area contributed by atoms with Crippen molar-refractivity contribution >= 4 is 27.7 Å². The van der Waals surface area contributed by atoms with E-state index >= 15 is 0 Å². The maximum Gasteiger partial charge on any atom is 0.297 e. The zero-order valence-corrected chi connectivity index (χ0v) is 10.1. The minimum atomic E-state index is -3.62. The van der Waals surface area contributed by atoms with Crippen molar-refractivity contribution in [3.63, 3.8) is 0 Å². The summed E-state index contributed by atoms with van der Waals surface area (Å²) in [4.78, 5) is 8.21. The number of hydrogen-bond donors (Lipinski definition) is 0. The Bertz CT molecular complexity index is 599. The van der Waals surface area contributed by atoms with Gasteiger partial charge in [-0.25, -0.2) is 0 Å². The molecule has 2 aromatic rings. The molecule has 0 radical (unpaired) electrons. The first kappa shape index (κ1) is 13.3. The van der Waals surface area contributed by atoms with Gasteiger partial charge in [0.15, 0.2) is 0 Å². The molecule has 0 aromatic heterocycles. The van der Waals surface area contributed by atoms with E-state index in [1.54, 1.807) is 24.3 Å². The monoisotopic (exact) mass is 252 g/mol. The van der Waals surface area contributed by atoms with Crippen LogP contribution in [0.2, 0.25) is 0 Å². The second-order valence-electron chi connectivity index (χ2n) is 3.10. The van der Waals surface area contributed by atoms with Gasteiger partial charge in [-0.1, -0.05) is 36.4 Å². The van der Waals surface area contributed by atoms with Gasteiger partial charge in [0.25, 0.3) is 10.1 Å². The van der Waals surface area contributed by atoms with Crippen LogP contribution in [0.3, 0.4) is 0 Å². The van der Waals surface area contributed by atoms with Gasteiger partial charge in [0, 0.05) is 5.39 Å². The molecule has 0 aliphatic heterocycles. The molecule has 0 N–H and O–H groups in total. The van der Waals surface area contributed by atoms with Gasteiger partial charge in [-0.05, 0) is 11.5 Å². The predicted octanol–water partition coefficient (Wildman–Crippen LogP) is 1.99. The largest absolute Gasteiger partial charge is 0.307 e. The lowest BCUT2D eigenvalue weighted by atomic mass is 10.1. The summed E-state index contributed by atoms with van der Waals surface area (Å²) in [5, 5.41) is 1.57. The molecule has 0 aliphatic rings. The maximum absolute atomic E-state index is 11.6. The first-order chi connectivity index (χ1) is 8.15. The smallest absolute Gasteiger partial charge is 0.297 e. The zero-order chi connectivity index (χ0) is 12.9. The summed E-state index contributed by atoms with van der Waals surface area (Å²) in [5.41, 5.74) is 0. The Morgan fingerprint density at radius 2 is 1.59 bits per heavy atom. The summed E-state index contributed by atoms with van der Waals surface area (Å²) in [6.07, 6.45) is 0. The van der Waals surface area contributed by atoms with E-state index in [0.717, 1.165) is 12.5 Å². The van der Waals surface area contributed by atoms with Gasteiger partial charge in [-0.2, -0.15) is 8.42 Å². The van der Waals surface area contributed by atoms with Crippen molar-refractivity contribution in [1.82, 2.24) is 0 Å². The summed E-state index contributed by atoms with van der Waals surface area (Å²) >= 11 is 0. The minimum Gasteiger partial charge on any atom is -0.307 e. The van der Waals surface area contributed by atoms with Crippen LogP contribution in [-0.2, 0) is 19.1 Å². The summed E-state index contributed by atoms with van der Waals surface area (Å²) in [6, 6.07) is 12.4. The lowest BCUT2D eigenvalue weighted by molar-refractivity contribution is -0.0979. The minimum absolute atomic E-state index is 0.211. The highest BCUT2D eigenvalue weighted by Crippen LogP contribution is 2.23. The third kappa shape index (κ3) is 2.69. The Morgan fingerprint density at radius 1 is 1.00 bits per heavy atom. The fourth-order valence-corrected chi connectivity index (χ4v) is 2.38. The summed E-state index contributed by atoms with van der Waals surface area (Å²) in [6.45, 7) is 2.00. The number of fused-ring (bicyclic) bond motifs is 1. The first-order valence-corrected chi connectivity index (χ1v) is 6.13. The highest BCUT2D eigenvalue weighted by atomic mass is 32.2. The van der Waals surface area contributed by atoms with Crippen molar-refractivity contribution in [3.8, 4) is 0 Å².